The SMILES string of the molecule is COc1cc2c(cc1OC)-c1c(cnn1[C@@H]1O[C@@H](COC(C)=O)[C@@H](OC(C)=O)[C@H](OC(C)=O)[C@@H]1OC(C)=O)CC2. The quantitative estimate of drug-likeness (QED) is 0.343. The topological polar surface area (TPSA) is 151 Å². The van der Waals surface area contributed by atoms with Crippen LogP contribution in [0.2, 0.25) is 0 Å². The molecule has 0 amide bonds. The number of carbonyl (C=O) groups excluding carboxylic acids is 4. The number of carbonyl (C=O) groups is 4. The molecule has 0 unspecified atom stereocenters. The van der Waals surface area contributed by atoms with Gasteiger partial charge in [-0.2, -0.15) is 5.10 Å². The van der Waals surface area contributed by atoms with E-state index in [0.29, 0.717) is 30.0 Å². The molecule has 0 bridgehead atoms. The number of benzene rings is 1. The Morgan fingerprint density at radius 1 is 0.825 bits per heavy atom. The van der Waals surface area contributed by atoms with Crippen molar-refractivity contribution in [3.8, 4) is 22.8 Å². The maximum Gasteiger partial charge on any atom is 0.303 e. The number of aromatic nitrogens is 2. The third-order valence-corrected chi connectivity index (χ3v) is 6.61. The fraction of sp³-hybridized carbons (Fsp3) is 0.519. The van der Waals surface area contributed by atoms with Crippen molar-refractivity contribution < 1.29 is 52.3 Å². The molecule has 1 aromatic heterocycles. The van der Waals surface area contributed by atoms with Crippen LogP contribution in [0, 0.1) is 0 Å². The zero-order valence-corrected chi connectivity index (χ0v) is 23.1. The van der Waals surface area contributed by atoms with Crippen LogP contribution in [-0.2, 0) is 55.7 Å². The Morgan fingerprint density at radius 2 is 1.40 bits per heavy atom. The van der Waals surface area contributed by atoms with Crippen LogP contribution >= 0.6 is 0 Å². The van der Waals surface area contributed by atoms with Crippen LogP contribution in [0.25, 0.3) is 11.3 Å². The molecule has 5 atom stereocenters. The minimum atomic E-state index is -1.31. The average molecular weight is 561 g/mol. The highest BCUT2D eigenvalue weighted by molar-refractivity contribution is 5.74. The number of fused-ring (bicyclic) bond motifs is 3. The van der Waals surface area contributed by atoms with E-state index in [4.69, 9.17) is 33.2 Å². The summed E-state index contributed by atoms with van der Waals surface area (Å²) in [5.74, 6) is -1.63. The van der Waals surface area contributed by atoms with Crippen molar-refractivity contribution in [2.75, 3.05) is 20.8 Å². The van der Waals surface area contributed by atoms with Crippen LogP contribution in [0.3, 0.4) is 0 Å². The molecule has 216 valence electrons. The molecular formula is C27H32N2O11. The Morgan fingerprint density at radius 3 is 2.00 bits per heavy atom. The van der Waals surface area contributed by atoms with E-state index in [-0.39, 0.29) is 6.61 Å². The molecule has 0 spiro atoms. The number of aryl methyl sites for hydroxylation is 2. The molecule has 13 heteroatoms. The van der Waals surface area contributed by atoms with Gasteiger partial charge in [-0.05, 0) is 36.1 Å². The number of rotatable bonds is 8. The Bertz CT molecular complexity index is 1300. The number of ether oxygens (including phenoxy) is 7. The van der Waals surface area contributed by atoms with Crippen molar-refractivity contribution >= 4 is 23.9 Å². The van der Waals surface area contributed by atoms with Gasteiger partial charge in [-0.1, -0.05) is 0 Å². The second kappa shape index (κ2) is 11.9. The number of hydrogen-bond donors (Lipinski definition) is 0. The molecule has 2 aliphatic rings. The van der Waals surface area contributed by atoms with Crippen LogP contribution in [0.4, 0.5) is 0 Å². The van der Waals surface area contributed by atoms with Crippen LogP contribution in [-0.4, -0.2) is 78.9 Å². The van der Waals surface area contributed by atoms with Gasteiger partial charge in [0.1, 0.15) is 12.7 Å². The predicted octanol–water partition coefficient (Wildman–Crippen LogP) is 1.92. The van der Waals surface area contributed by atoms with Gasteiger partial charge in [-0.3, -0.25) is 19.2 Å². The lowest BCUT2D eigenvalue weighted by Crippen LogP contribution is -2.60. The summed E-state index contributed by atoms with van der Waals surface area (Å²) in [5, 5.41) is 4.58. The largest absolute Gasteiger partial charge is 0.493 e. The molecule has 1 fully saturated rings. The van der Waals surface area contributed by atoms with Crippen molar-refractivity contribution in [3.63, 3.8) is 0 Å². The molecule has 40 heavy (non-hydrogen) atoms. The smallest absolute Gasteiger partial charge is 0.303 e. The highest BCUT2D eigenvalue weighted by Crippen LogP contribution is 2.43. The molecule has 2 heterocycles. The summed E-state index contributed by atoms with van der Waals surface area (Å²) in [4.78, 5) is 48.2. The fourth-order valence-electron chi connectivity index (χ4n) is 5.09. The predicted molar refractivity (Wildman–Crippen MR) is 135 cm³/mol. The molecule has 0 radical (unpaired) electrons. The van der Waals surface area contributed by atoms with Gasteiger partial charge in [0.05, 0.1) is 26.1 Å². The number of hydrogen-bond acceptors (Lipinski definition) is 12. The molecule has 2 aromatic rings. The Labute approximate surface area is 230 Å². The fourth-order valence-corrected chi connectivity index (χ4v) is 5.09. The monoisotopic (exact) mass is 560 g/mol. The highest BCUT2D eigenvalue weighted by atomic mass is 16.7. The van der Waals surface area contributed by atoms with Crippen LogP contribution in [0.1, 0.15) is 45.0 Å². The second-order valence-electron chi connectivity index (χ2n) is 9.42. The van der Waals surface area contributed by atoms with Crippen molar-refractivity contribution in [1.29, 1.82) is 0 Å². The van der Waals surface area contributed by atoms with Crippen LogP contribution < -0.4 is 9.47 Å². The summed E-state index contributed by atoms with van der Waals surface area (Å²) >= 11 is 0. The summed E-state index contributed by atoms with van der Waals surface area (Å²) in [6.07, 6.45) is -3.05. The summed E-state index contributed by atoms with van der Waals surface area (Å²) in [6, 6.07) is 3.72. The summed E-state index contributed by atoms with van der Waals surface area (Å²) in [7, 11) is 3.09. The molecule has 13 nitrogen and oxygen atoms in total. The first-order valence-electron chi connectivity index (χ1n) is 12.7. The van der Waals surface area contributed by atoms with Crippen molar-refractivity contribution in [1.82, 2.24) is 9.78 Å². The zero-order chi connectivity index (χ0) is 29.1. The van der Waals surface area contributed by atoms with Gasteiger partial charge >= 0.3 is 23.9 Å². The molecular weight excluding hydrogens is 528 g/mol. The first-order chi connectivity index (χ1) is 19.0. The molecule has 0 N–H and O–H groups in total. The summed E-state index contributed by atoms with van der Waals surface area (Å²) < 4.78 is 40.7. The van der Waals surface area contributed by atoms with Gasteiger partial charge in [0, 0.05) is 33.3 Å². The number of methoxy groups -OCH3 is 2. The van der Waals surface area contributed by atoms with Crippen LogP contribution in [0.5, 0.6) is 11.5 Å². The first-order valence-corrected chi connectivity index (χ1v) is 12.7. The molecule has 1 aromatic carbocycles. The minimum Gasteiger partial charge on any atom is -0.493 e. The minimum absolute atomic E-state index is 0.334. The first kappa shape index (κ1) is 28.9. The number of nitrogens with zero attached hydrogens (tertiary/aromatic N) is 2. The van der Waals surface area contributed by atoms with E-state index in [1.807, 2.05) is 12.1 Å². The summed E-state index contributed by atoms with van der Waals surface area (Å²) in [6.45, 7) is 4.42. The van der Waals surface area contributed by atoms with Gasteiger partial charge in [0.25, 0.3) is 0 Å². The van der Waals surface area contributed by atoms with Crippen molar-refractivity contribution in [2.45, 2.75) is 71.2 Å². The molecule has 0 saturated carbocycles. The Kier molecular flexibility index (Phi) is 8.62. The van der Waals surface area contributed by atoms with E-state index >= 15 is 0 Å². The zero-order valence-electron chi connectivity index (χ0n) is 23.1. The van der Waals surface area contributed by atoms with E-state index in [9.17, 15) is 19.2 Å². The van der Waals surface area contributed by atoms with E-state index < -0.39 is 54.5 Å². The van der Waals surface area contributed by atoms with Gasteiger partial charge in [-0.15, -0.1) is 0 Å². The average Bonchev–Trinajstić information content (AvgIpc) is 3.32. The lowest BCUT2D eigenvalue weighted by molar-refractivity contribution is -0.270. The maximum absolute atomic E-state index is 12.3. The third kappa shape index (κ3) is 5.88. The van der Waals surface area contributed by atoms with Gasteiger partial charge < -0.3 is 33.2 Å². The molecule has 1 aliphatic carbocycles. The lowest BCUT2D eigenvalue weighted by Gasteiger charge is -2.44. The number of esters is 4. The lowest BCUT2D eigenvalue weighted by atomic mass is 9.89. The Hall–Kier alpha value is -4.13. The molecule has 1 saturated heterocycles. The van der Waals surface area contributed by atoms with E-state index in [1.54, 1.807) is 13.3 Å². The molecule has 4 rings (SSSR count). The Balaban J connectivity index is 1.87. The standard InChI is InChI=1S/C27H32N2O11/c1-13(30)36-12-22-24(37-14(2)31)25(38-15(3)32)26(39-16(4)33)27(40-22)29-23-18(11-28-29)8-7-17-9-20(34-5)21(35-6)10-19(17)23/h9-11,22,24-27H,7-8,12H2,1-6H3/t22-,24+,25-,26-,27+/m0/s1. The van der Waals surface area contributed by atoms with E-state index in [2.05, 4.69) is 5.10 Å². The van der Waals surface area contributed by atoms with E-state index in [1.165, 1.54) is 39.5 Å². The molecule has 1 aliphatic heterocycles. The van der Waals surface area contributed by atoms with Gasteiger partial charge in [0.15, 0.2) is 36.0 Å². The van der Waals surface area contributed by atoms with Crippen LogP contribution in [0.15, 0.2) is 18.3 Å². The maximum atomic E-state index is 12.3. The normalized spacial score (nSPS) is 23.2. The van der Waals surface area contributed by atoms with Crippen molar-refractivity contribution in [2.24, 2.45) is 0 Å². The third-order valence-electron chi connectivity index (χ3n) is 6.61. The summed E-state index contributed by atoms with van der Waals surface area (Å²) in [5.41, 5.74) is 3.33. The van der Waals surface area contributed by atoms with Crippen molar-refractivity contribution in [3.05, 3.63) is 29.5 Å². The highest BCUT2D eigenvalue weighted by Gasteiger charge is 2.53. The second-order valence-corrected chi connectivity index (χ2v) is 9.42. The van der Waals surface area contributed by atoms with E-state index in [0.717, 1.165) is 16.7 Å². The van der Waals surface area contributed by atoms with Gasteiger partial charge in [-0.25, -0.2) is 4.68 Å². The van der Waals surface area contributed by atoms with Gasteiger partial charge in [0.2, 0.25) is 0 Å².